The van der Waals surface area contributed by atoms with Gasteiger partial charge in [-0.15, -0.1) is 0 Å². The van der Waals surface area contributed by atoms with Crippen molar-refractivity contribution in [2.45, 2.75) is 45.6 Å². The van der Waals surface area contributed by atoms with Crippen LogP contribution in [-0.2, 0) is 14.3 Å². The summed E-state index contributed by atoms with van der Waals surface area (Å²) in [7, 11) is 0. The lowest BCUT2D eigenvalue weighted by molar-refractivity contribution is -0.121. The quantitative estimate of drug-likeness (QED) is 0.306. The van der Waals surface area contributed by atoms with Crippen molar-refractivity contribution in [3.63, 3.8) is 0 Å². The summed E-state index contributed by atoms with van der Waals surface area (Å²) in [5.41, 5.74) is 11.0. The van der Waals surface area contributed by atoms with Gasteiger partial charge in [0.15, 0.2) is 0 Å². The van der Waals surface area contributed by atoms with Crippen molar-refractivity contribution < 1.29 is 19.1 Å². The molecule has 18 heavy (non-hydrogen) atoms. The third-order valence-electron chi connectivity index (χ3n) is 1.39. The Bertz CT molecular complexity index is 286. The molecular formula is C10H22N4O4. The van der Waals surface area contributed by atoms with E-state index in [-0.39, 0.29) is 18.7 Å². The molecule has 0 aliphatic rings. The van der Waals surface area contributed by atoms with Gasteiger partial charge < -0.3 is 16.2 Å². The first-order chi connectivity index (χ1) is 8.08. The highest BCUT2D eigenvalue weighted by molar-refractivity contribution is 5.77. The zero-order valence-electron chi connectivity index (χ0n) is 11.0. The molecule has 0 aromatic rings. The zero-order chi connectivity index (χ0) is 14.8. The van der Waals surface area contributed by atoms with E-state index in [4.69, 9.17) is 17.3 Å². The maximum atomic E-state index is 10.4. The van der Waals surface area contributed by atoms with Crippen molar-refractivity contribution in [2.24, 2.45) is 17.3 Å². The minimum Gasteiger partial charge on any atom is -0.444 e. The molecule has 0 unspecified atom stereocenters. The molecule has 0 saturated carbocycles. The molecule has 0 aromatic carbocycles. The Kier molecular flexibility index (Phi) is 9.50. The number of hydrogen-bond acceptors (Lipinski definition) is 5. The molecule has 0 bridgehead atoms. The molecular weight excluding hydrogens is 240 g/mol. The van der Waals surface area contributed by atoms with Crippen molar-refractivity contribution in [1.82, 2.24) is 5.43 Å². The Balaban J connectivity index is 0. The van der Waals surface area contributed by atoms with Crippen LogP contribution in [0.1, 0.15) is 40.0 Å². The maximum absolute atomic E-state index is 10.4. The summed E-state index contributed by atoms with van der Waals surface area (Å²) >= 11 is 0. The highest BCUT2D eigenvalue weighted by Crippen LogP contribution is 2.04. The van der Waals surface area contributed by atoms with Gasteiger partial charge in [-0.2, -0.15) is 0 Å². The van der Waals surface area contributed by atoms with Crippen LogP contribution >= 0.6 is 0 Å². The summed E-state index contributed by atoms with van der Waals surface area (Å²) in [6, 6.07) is 0. The fourth-order valence-corrected chi connectivity index (χ4v) is 0.797. The minimum absolute atomic E-state index is 0.230. The van der Waals surface area contributed by atoms with Gasteiger partial charge in [-0.25, -0.2) is 10.6 Å². The Morgan fingerprint density at radius 3 is 1.83 bits per heavy atom. The van der Waals surface area contributed by atoms with Crippen molar-refractivity contribution in [3.05, 3.63) is 0 Å². The molecule has 0 rings (SSSR count). The number of ether oxygens (including phenoxy) is 1. The highest BCUT2D eigenvalue weighted by Gasteiger charge is 2.12. The molecule has 0 aliphatic carbocycles. The van der Waals surface area contributed by atoms with Gasteiger partial charge in [0.1, 0.15) is 5.60 Å². The number of hydrazine groups is 1. The van der Waals surface area contributed by atoms with Gasteiger partial charge in [0.25, 0.3) is 0 Å². The van der Waals surface area contributed by atoms with Crippen molar-refractivity contribution in [2.75, 3.05) is 0 Å². The SMILES string of the molecule is CC(C)(C)OC(N)=O.NNC(=O)CCCC(N)=O. The average Bonchev–Trinajstić information content (AvgIpc) is 2.13. The topological polar surface area (TPSA) is 151 Å². The van der Waals surface area contributed by atoms with E-state index in [1.807, 2.05) is 5.43 Å². The van der Waals surface area contributed by atoms with E-state index in [1.165, 1.54) is 0 Å². The molecule has 0 radical (unpaired) electrons. The second kappa shape index (κ2) is 9.23. The Morgan fingerprint density at radius 2 is 1.61 bits per heavy atom. The van der Waals surface area contributed by atoms with Crippen LogP contribution in [0.2, 0.25) is 0 Å². The predicted octanol–water partition coefficient (Wildman–Crippen LogP) is -0.488. The van der Waals surface area contributed by atoms with Gasteiger partial charge in [0.2, 0.25) is 11.8 Å². The number of carbonyl (C=O) groups excluding carboxylic acids is 3. The first-order valence-corrected chi connectivity index (χ1v) is 5.34. The van der Waals surface area contributed by atoms with Crippen LogP contribution in [0, 0.1) is 0 Å². The van der Waals surface area contributed by atoms with E-state index >= 15 is 0 Å². The number of hydrogen-bond donors (Lipinski definition) is 4. The van der Waals surface area contributed by atoms with Crippen molar-refractivity contribution in [3.8, 4) is 0 Å². The minimum atomic E-state index is -0.725. The molecule has 0 saturated heterocycles. The number of nitrogens with one attached hydrogen (secondary N) is 1. The predicted molar refractivity (Wildman–Crippen MR) is 65.8 cm³/mol. The third kappa shape index (κ3) is 19.7. The number of primary amides is 2. The number of amides is 3. The average molecular weight is 262 g/mol. The Morgan fingerprint density at radius 1 is 1.11 bits per heavy atom. The molecule has 8 nitrogen and oxygen atoms in total. The van der Waals surface area contributed by atoms with Crippen LogP contribution < -0.4 is 22.7 Å². The second-order valence-corrected chi connectivity index (χ2v) is 4.42. The van der Waals surface area contributed by atoms with E-state index in [1.54, 1.807) is 20.8 Å². The van der Waals surface area contributed by atoms with Crippen LogP contribution in [-0.4, -0.2) is 23.5 Å². The lowest BCUT2D eigenvalue weighted by atomic mass is 10.2. The molecule has 0 spiro atoms. The number of carbonyl (C=O) groups is 3. The van der Waals surface area contributed by atoms with Gasteiger partial charge in [0, 0.05) is 12.8 Å². The molecule has 0 atom stereocenters. The van der Waals surface area contributed by atoms with E-state index < -0.39 is 17.6 Å². The standard InChI is InChI=1S/C5H11N3O2.C5H11NO2/c6-4(9)2-1-3-5(10)8-7;1-5(2,3)8-4(6)7/h1-3,7H2,(H2,6,9)(H,8,10);1-3H3,(H2,6,7). The second-order valence-electron chi connectivity index (χ2n) is 4.42. The lowest BCUT2D eigenvalue weighted by Crippen LogP contribution is -2.29. The van der Waals surface area contributed by atoms with E-state index in [0.29, 0.717) is 6.42 Å². The van der Waals surface area contributed by atoms with Crippen molar-refractivity contribution in [1.29, 1.82) is 0 Å². The van der Waals surface area contributed by atoms with Crippen LogP contribution in [0.5, 0.6) is 0 Å². The fourth-order valence-electron chi connectivity index (χ4n) is 0.797. The summed E-state index contributed by atoms with van der Waals surface area (Å²) in [4.78, 5) is 30.5. The normalized spacial score (nSPS) is 9.78. The largest absolute Gasteiger partial charge is 0.444 e. The number of nitrogens with two attached hydrogens (primary N) is 3. The first-order valence-electron chi connectivity index (χ1n) is 5.34. The summed E-state index contributed by atoms with van der Waals surface area (Å²) < 4.78 is 4.58. The maximum Gasteiger partial charge on any atom is 0.405 e. The van der Waals surface area contributed by atoms with Gasteiger partial charge >= 0.3 is 6.09 Å². The van der Waals surface area contributed by atoms with Gasteiger partial charge in [0.05, 0.1) is 0 Å². The zero-order valence-corrected chi connectivity index (χ0v) is 11.0. The molecule has 0 aliphatic heterocycles. The molecule has 8 heteroatoms. The van der Waals surface area contributed by atoms with E-state index in [0.717, 1.165) is 0 Å². The Hall–Kier alpha value is -1.83. The molecule has 0 heterocycles. The molecule has 0 aromatic heterocycles. The molecule has 7 N–H and O–H groups in total. The summed E-state index contributed by atoms with van der Waals surface area (Å²) in [5, 5.41) is 0. The highest BCUT2D eigenvalue weighted by atomic mass is 16.6. The summed E-state index contributed by atoms with van der Waals surface area (Å²) in [5.74, 6) is 4.10. The van der Waals surface area contributed by atoms with Crippen LogP contribution in [0.15, 0.2) is 0 Å². The fraction of sp³-hybridized carbons (Fsp3) is 0.700. The van der Waals surface area contributed by atoms with E-state index in [2.05, 4.69) is 4.74 Å². The van der Waals surface area contributed by atoms with Gasteiger partial charge in [-0.3, -0.25) is 15.0 Å². The van der Waals surface area contributed by atoms with Crippen molar-refractivity contribution >= 4 is 17.9 Å². The molecule has 106 valence electrons. The first kappa shape index (κ1) is 18.5. The monoisotopic (exact) mass is 262 g/mol. The van der Waals surface area contributed by atoms with E-state index in [9.17, 15) is 14.4 Å². The lowest BCUT2D eigenvalue weighted by Gasteiger charge is -2.16. The van der Waals surface area contributed by atoms with Gasteiger partial charge in [-0.1, -0.05) is 0 Å². The van der Waals surface area contributed by atoms with Crippen LogP contribution in [0.25, 0.3) is 0 Å². The summed E-state index contributed by atoms with van der Waals surface area (Å²) in [6.07, 6.45) is 0.211. The Labute approximate surface area is 106 Å². The van der Waals surface area contributed by atoms with Crippen LogP contribution in [0.4, 0.5) is 4.79 Å². The van der Waals surface area contributed by atoms with Gasteiger partial charge in [-0.05, 0) is 27.2 Å². The van der Waals surface area contributed by atoms with Crippen LogP contribution in [0.3, 0.4) is 0 Å². The molecule has 3 amide bonds. The number of rotatable bonds is 4. The smallest absolute Gasteiger partial charge is 0.405 e. The third-order valence-corrected chi connectivity index (χ3v) is 1.39. The summed E-state index contributed by atoms with van der Waals surface area (Å²) in [6.45, 7) is 5.28. The molecule has 0 fully saturated rings.